The van der Waals surface area contributed by atoms with Crippen molar-refractivity contribution in [2.75, 3.05) is 31.2 Å². The molecule has 6 nitrogen and oxygen atoms in total. The summed E-state index contributed by atoms with van der Waals surface area (Å²) in [5.41, 5.74) is 0.617. The average Bonchev–Trinajstić information content (AvgIpc) is 3.22. The van der Waals surface area contributed by atoms with Crippen LogP contribution in [0.5, 0.6) is 0 Å². The monoisotopic (exact) mass is 434 g/mol. The summed E-state index contributed by atoms with van der Waals surface area (Å²) in [5.74, 6) is 0.739. The maximum Gasteiger partial charge on any atom is 0.416 e. The van der Waals surface area contributed by atoms with E-state index in [0.717, 1.165) is 50.3 Å². The van der Waals surface area contributed by atoms with Gasteiger partial charge in [-0.3, -0.25) is 4.79 Å². The minimum Gasteiger partial charge on any atom is -0.381 e. The smallest absolute Gasteiger partial charge is 0.381 e. The number of ether oxygens (including phenoxy) is 1. The number of alkyl halides is 3. The van der Waals surface area contributed by atoms with Crippen LogP contribution >= 0.6 is 0 Å². The standard InChI is InChI=1S/C22H25F3N4O2/c23-22(24,25)17-3-1-2-15(12-17)13-20(30)27-18-5-9-29(14-18)21-26-8-4-19(28-21)16-6-10-31-11-7-16/h1-4,8,12,16,18H,5-7,9-11,13-14H2,(H,27,30). The average molecular weight is 434 g/mol. The van der Waals surface area contributed by atoms with Gasteiger partial charge in [0, 0.05) is 50.2 Å². The van der Waals surface area contributed by atoms with Crippen molar-refractivity contribution in [1.29, 1.82) is 0 Å². The lowest BCUT2D eigenvalue weighted by Crippen LogP contribution is -2.38. The summed E-state index contributed by atoms with van der Waals surface area (Å²) in [6.45, 7) is 2.78. The number of carbonyl (C=O) groups is 1. The zero-order valence-electron chi connectivity index (χ0n) is 17.1. The molecule has 2 fully saturated rings. The summed E-state index contributed by atoms with van der Waals surface area (Å²) >= 11 is 0. The van der Waals surface area contributed by atoms with Crippen LogP contribution in [0.3, 0.4) is 0 Å². The van der Waals surface area contributed by atoms with E-state index in [1.54, 1.807) is 6.20 Å². The number of halogens is 3. The van der Waals surface area contributed by atoms with Crippen LogP contribution in [0.25, 0.3) is 0 Å². The highest BCUT2D eigenvalue weighted by Crippen LogP contribution is 2.30. The summed E-state index contributed by atoms with van der Waals surface area (Å²) in [7, 11) is 0. The van der Waals surface area contributed by atoms with Crippen LogP contribution in [0.4, 0.5) is 19.1 Å². The molecule has 0 saturated carbocycles. The van der Waals surface area contributed by atoms with Crippen LogP contribution < -0.4 is 10.2 Å². The molecule has 1 aromatic carbocycles. The van der Waals surface area contributed by atoms with E-state index in [1.807, 2.05) is 11.0 Å². The Labute approximate surface area is 178 Å². The second-order valence-corrected chi connectivity index (χ2v) is 8.04. The van der Waals surface area contributed by atoms with Crippen molar-refractivity contribution in [3.63, 3.8) is 0 Å². The van der Waals surface area contributed by atoms with E-state index < -0.39 is 11.7 Å². The molecular weight excluding hydrogens is 409 g/mol. The Hall–Kier alpha value is -2.68. The van der Waals surface area contributed by atoms with Gasteiger partial charge in [0.1, 0.15) is 0 Å². The lowest BCUT2D eigenvalue weighted by Gasteiger charge is -2.23. The fraction of sp³-hybridized carbons (Fsp3) is 0.500. The molecule has 4 rings (SSSR count). The number of hydrogen-bond donors (Lipinski definition) is 1. The van der Waals surface area contributed by atoms with Gasteiger partial charge < -0.3 is 15.0 Å². The van der Waals surface area contributed by atoms with Gasteiger partial charge in [-0.2, -0.15) is 13.2 Å². The van der Waals surface area contributed by atoms with E-state index in [0.29, 0.717) is 30.5 Å². The zero-order chi connectivity index (χ0) is 21.8. The number of benzene rings is 1. The number of hydrogen-bond acceptors (Lipinski definition) is 5. The van der Waals surface area contributed by atoms with Crippen molar-refractivity contribution in [3.8, 4) is 0 Å². The molecule has 2 aliphatic heterocycles. The van der Waals surface area contributed by atoms with E-state index in [1.165, 1.54) is 12.1 Å². The van der Waals surface area contributed by atoms with Gasteiger partial charge in [0.2, 0.25) is 11.9 Å². The molecule has 2 saturated heterocycles. The summed E-state index contributed by atoms with van der Waals surface area (Å²) in [6, 6.07) is 6.75. The van der Waals surface area contributed by atoms with E-state index in [-0.39, 0.29) is 18.4 Å². The van der Waals surface area contributed by atoms with Crippen molar-refractivity contribution in [1.82, 2.24) is 15.3 Å². The van der Waals surface area contributed by atoms with Crippen LogP contribution in [-0.2, 0) is 22.1 Å². The van der Waals surface area contributed by atoms with Crippen molar-refractivity contribution in [2.45, 2.75) is 43.8 Å². The molecule has 1 unspecified atom stereocenters. The first-order valence-electron chi connectivity index (χ1n) is 10.5. The first-order chi connectivity index (χ1) is 14.9. The number of carbonyl (C=O) groups excluding carboxylic acids is 1. The first kappa shape index (κ1) is 21.5. The van der Waals surface area contributed by atoms with Crippen LogP contribution in [0.1, 0.15) is 42.0 Å². The predicted octanol–water partition coefficient (Wildman–Crippen LogP) is 3.33. The summed E-state index contributed by atoms with van der Waals surface area (Å²) in [6.07, 6.45) is -0.102. The highest BCUT2D eigenvalue weighted by atomic mass is 19.4. The predicted molar refractivity (Wildman–Crippen MR) is 109 cm³/mol. The normalized spacial score (nSPS) is 20.1. The van der Waals surface area contributed by atoms with E-state index >= 15 is 0 Å². The van der Waals surface area contributed by atoms with Gasteiger partial charge >= 0.3 is 6.18 Å². The highest BCUT2D eigenvalue weighted by Gasteiger charge is 2.31. The molecule has 1 atom stereocenters. The minimum atomic E-state index is -4.42. The fourth-order valence-electron chi connectivity index (χ4n) is 4.12. The second kappa shape index (κ2) is 9.21. The number of amides is 1. The number of aromatic nitrogens is 2. The van der Waals surface area contributed by atoms with Crippen LogP contribution in [0.2, 0.25) is 0 Å². The van der Waals surface area contributed by atoms with Gasteiger partial charge in [-0.25, -0.2) is 9.97 Å². The van der Waals surface area contributed by atoms with E-state index in [4.69, 9.17) is 9.72 Å². The number of nitrogens with zero attached hydrogens (tertiary/aromatic N) is 3. The Bertz CT molecular complexity index is 916. The number of nitrogens with one attached hydrogen (secondary N) is 1. The summed E-state index contributed by atoms with van der Waals surface area (Å²) in [4.78, 5) is 23.5. The maximum atomic E-state index is 12.9. The lowest BCUT2D eigenvalue weighted by molar-refractivity contribution is -0.137. The molecule has 0 aliphatic carbocycles. The molecule has 3 heterocycles. The topological polar surface area (TPSA) is 67.4 Å². The number of rotatable bonds is 5. The van der Waals surface area contributed by atoms with Crippen LogP contribution in [-0.4, -0.2) is 48.2 Å². The third-order valence-electron chi connectivity index (χ3n) is 5.76. The van der Waals surface area contributed by atoms with Gasteiger partial charge in [-0.15, -0.1) is 0 Å². The van der Waals surface area contributed by atoms with Crippen LogP contribution in [0, 0.1) is 0 Å². The quantitative estimate of drug-likeness (QED) is 0.782. The molecule has 0 bridgehead atoms. The van der Waals surface area contributed by atoms with Gasteiger partial charge in [0.25, 0.3) is 0 Å². The second-order valence-electron chi connectivity index (χ2n) is 8.04. The maximum absolute atomic E-state index is 12.9. The van der Waals surface area contributed by atoms with Gasteiger partial charge in [-0.1, -0.05) is 18.2 Å². The number of anilines is 1. The molecule has 9 heteroatoms. The van der Waals surface area contributed by atoms with E-state index in [2.05, 4.69) is 10.3 Å². The molecule has 166 valence electrons. The van der Waals surface area contributed by atoms with Gasteiger partial charge in [0.15, 0.2) is 0 Å². The van der Waals surface area contributed by atoms with Crippen molar-refractivity contribution in [3.05, 3.63) is 53.3 Å². The van der Waals surface area contributed by atoms with Crippen molar-refractivity contribution < 1.29 is 22.7 Å². The molecule has 31 heavy (non-hydrogen) atoms. The Morgan fingerprint density at radius 3 is 2.77 bits per heavy atom. The highest BCUT2D eigenvalue weighted by molar-refractivity contribution is 5.79. The molecule has 2 aliphatic rings. The summed E-state index contributed by atoms with van der Waals surface area (Å²) < 4.78 is 44.0. The lowest BCUT2D eigenvalue weighted by atomic mass is 9.96. The van der Waals surface area contributed by atoms with Crippen molar-refractivity contribution >= 4 is 11.9 Å². The molecule has 0 radical (unpaired) electrons. The molecule has 1 aromatic heterocycles. The van der Waals surface area contributed by atoms with Gasteiger partial charge in [0.05, 0.1) is 12.0 Å². The Balaban J connectivity index is 1.33. The molecular formula is C22H25F3N4O2. The fourth-order valence-corrected chi connectivity index (χ4v) is 4.12. The van der Waals surface area contributed by atoms with E-state index in [9.17, 15) is 18.0 Å². The van der Waals surface area contributed by atoms with Gasteiger partial charge in [-0.05, 0) is 37.0 Å². The Kier molecular flexibility index (Phi) is 6.41. The zero-order valence-corrected chi connectivity index (χ0v) is 17.1. The Morgan fingerprint density at radius 1 is 1.19 bits per heavy atom. The summed E-state index contributed by atoms with van der Waals surface area (Å²) in [5, 5.41) is 2.93. The molecule has 1 amide bonds. The first-order valence-corrected chi connectivity index (χ1v) is 10.5. The molecule has 0 spiro atoms. The van der Waals surface area contributed by atoms with Crippen LogP contribution in [0.15, 0.2) is 36.5 Å². The SMILES string of the molecule is O=C(Cc1cccc(C(F)(F)F)c1)NC1CCN(c2nccc(C3CCOCC3)n2)C1. The Morgan fingerprint density at radius 2 is 2.00 bits per heavy atom. The van der Waals surface area contributed by atoms with Crippen molar-refractivity contribution in [2.24, 2.45) is 0 Å². The third-order valence-corrected chi connectivity index (χ3v) is 5.76. The largest absolute Gasteiger partial charge is 0.416 e. The third kappa shape index (κ3) is 5.52. The molecule has 2 aromatic rings. The minimum absolute atomic E-state index is 0.0871. The molecule has 1 N–H and O–H groups in total.